The van der Waals surface area contributed by atoms with Crippen molar-refractivity contribution in [2.45, 2.75) is 25.6 Å². The van der Waals surface area contributed by atoms with E-state index in [4.69, 9.17) is 14.6 Å². The van der Waals surface area contributed by atoms with Crippen molar-refractivity contribution in [3.63, 3.8) is 0 Å². The monoisotopic (exact) mass is 268 g/mol. The van der Waals surface area contributed by atoms with Gasteiger partial charge < -0.3 is 14.6 Å². The fourth-order valence-corrected chi connectivity index (χ4v) is 2.36. The summed E-state index contributed by atoms with van der Waals surface area (Å²) in [5, 5.41) is 18.0. The van der Waals surface area contributed by atoms with Crippen molar-refractivity contribution < 1.29 is 24.2 Å². The van der Waals surface area contributed by atoms with Crippen LogP contribution in [-0.4, -0.2) is 30.5 Å². The second-order valence-corrected chi connectivity index (χ2v) is 9.29. The second-order valence-electron chi connectivity index (χ2n) is 4.86. The number of carboxylic acid groups (broad SMARTS) is 2. The van der Waals surface area contributed by atoms with Crippen molar-refractivity contribution in [2.75, 3.05) is 0 Å². The van der Waals surface area contributed by atoms with Crippen LogP contribution < -0.4 is 4.43 Å². The molecule has 0 aliphatic heterocycles. The number of hydrogen-bond donors (Lipinski definition) is 2. The predicted molar refractivity (Wildman–Crippen MR) is 68.4 cm³/mol. The molecule has 0 aromatic heterocycles. The Bertz CT molecular complexity index is 450. The van der Waals surface area contributed by atoms with Crippen LogP contribution in [0, 0.1) is 0 Å². The van der Waals surface area contributed by atoms with Crippen LogP contribution in [0.15, 0.2) is 24.3 Å². The van der Waals surface area contributed by atoms with Crippen LogP contribution >= 0.6 is 0 Å². The van der Waals surface area contributed by atoms with Crippen LogP contribution in [0.25, 0.3) is 0 Å². The van der Waals surface area contributed by atoms with Crippen LogP contribution in [0.1, 0.15) is 11.5 Å². The number of benzene rings is 1. The normalized spacial score (nSPS) is 11.3. The van der Waals surface area contributed by atoms with E-state index in [-0.39, 0.29) is 5.56 Å². The molecule has 0 atom stereocenters. The molecule has 0 saturated heterocycles. The van der Waals surface area contributed by atoms with Crippen molar-refractivity contribution in [3.8, 4) is 5.75 Å². The van der Waals surface area contributed by atoms with Crippen molar-refractivity contribution in [2.24, 2.45) is 0 Å². The molecule has 1 rings (SSSR count). The van der Waals surface area contributed by atoms with Crippen LogP contribution in [0.4, 0.5) is 0 Å². The summed E-state index contributed by atoms with van der Waals surface area (Å²) in [6.45, 7) is 5.83. The maximum Gasteiger partial charge on any atom is 0.322 e. The largest absolute Gasteiger partial charge is 0.544 e. The van der Waals surface area contributed by atoms with Gasteiger partial charge in [-0.3, -0.25) is 9.59 Å². The van der Waals surface area contributed by atoms with Crippen molar-refractivity contribution >= 4 is 20.3 Å². The molecule has 0 bridgehead atoms. The zero-order valence-corrected chi connectivity index (χ0v) is 11.5. The van der Waals surface area contributed by atoms with Crippen molar-refractivity contribution in [3.05, 3.63) is 29.8 Å². The maximum absolute atomic E-state index is 11.0. The zero-order valence-electron chi connectivity index (χ0n) is 10.5. The third kappa shape index (κ3) is 3.59. The molecule has 0 unspecified atom stereocenters. The first-order valence-corrected chi connectivity index (χ1v) is 8.87. The van der Waals surface area contributed by atoms with E-state index in [1.165, 1.54) is 6.07 Å². The average Bonchev–Trinajstić information content (AvgIpc) is 2.17. The number of carboxylic acids is 2. The lowest BCUT2D eigenvalue weighted by Gasteiger charge is -2.22. The summed E-state index contributed by atoms with van der Waals surface area (Å²) in [4.78, 5) is 22.1. The van der Waals surface area contributed by atoms with Gasteiger partial charge >= 0.3 is 11.9 Å². The Labute approximate surface area is 106 Å². The molecular formula is C12H16O5Si. The molecule has 98 valence electrons. The lowest BCUT2D eigenvalue weighted by Crippen LogP contribution is -2.31. The molecule has 6 heteroatoms. The molecule has 0 fully saturated rings. The second kappa shape index (κ2) is 5.22. The van der Waals surface area contributed by atoms with Gasteiger partial charge in [-0.05, 0) is 25.7 Å². The lowest BCUT2D eigenvalue weighted by molar-refractivity contribution is -0.150. The smallest absolute Gasteiger partial charge is 0.322 e. The minimum absolute atomic E-state index is 0.180. The number of rotatable bonds is 5. The maximum atomic E-state index is 11.0. The standard InChI is InChI=1S/C12H16O5Si/c1-18(2,3)17-9-7-5-4-6-8(9)10(11(13)14)12(15)16/h4-7,10H,1-3H3,(H,13,14)(H,15,16). The van der Waals surface area contributed by atoms with Gasteiger partial charge in [-0.25, -0.2) is 0 Å². The number of para-hydroxylation sites is 1. The van der Waals surface area contributed by atoms with Gasteiger partial charge in [-0.2, -0.15) is 0 Å². The predicted octanol–water partition coefficient (Wildman–Crippen LogP) is 2.15. The molecule has 0 amide bonds. The topological polar surface area (TPSA) is 83.8 Å². The zero-order chi connectivity index (χ0) is 13.9. The Balaban J connectivity index is 3.23. The van der Waals surface area contributed by atoms with Gasteiger partial charge in [-0.15, -0.1) is 0 Å². The Morgan fingerprint density at radius 1 is 1.11 bits per heavy atom. The van der Waals surface area contributed by atoms with Gasteiger partial charge in [0.1, 0.15) is 5.75 Å². The quantitative estimate of drug-likeness (QED) is 0.631. The Morgan fingerprint density at radius 3 is 2.06 bits per heavy atom. The van der Waals surface area contributed by atoms with Gasteiger partial charge in [0.05, 0.1) is 0 Å². The third-order valence-corrected chi connectivity index (χ3v) is 2.97. The molecule has 18 heavy (non-hydrogen) atoms. The van der Waals surface area contributed by atoms with Crippen LogP contribution in [0.3, 0.4) is 0 Å². The third-order valence-electron chi connectivity index (χ3n) is 2.14. The summed E-state index contributed by atoms with van der Waals surface area (Å²) in [6, 6.07) is 6.37. The lowest BCUT2D eigenvalue weighted by atomic mass is 9.99. The summed E-state index contributed by atoms with van der Waals surface area (Å²) in [5.41, 5.74) is 0.180. The number of hydrogen-bond acceptors (Lipinski definition) is 3. The van der Waals surface area contributed by atoms with Crippen LogP contribution in [-0.2, 0) is 9.59 Å². The van der Waals surface area contributed by atoms with E-state index in [1.807, 2.05) is 19.6 Å². The highest BCUT2D eigenvalue weighted by Crippen LogP contribution is 2.29. The fraction of sp³-hybridized carbons (Fsp3) is 0.333. The van der Waals surface area contributed by atoms with Crippen molar-refractivity contribution in [1.29, 1.82) is 0 Å². The van der Waals surface area contributed by atoms with E-state index in [0.717, 1.165) is 0 Å². The molecule has 0 heterocycles. The molecule has 0 spiro atoms. The Kier molecular flexibility index (Phi) is 4.13. The van der Waals surface area contributed by atoms with E-state index in [1.54, 1.807) is 18.2 Å². The molecule has 0 saturated carbocycles. The van der Waals surface area contributed by atoms with Gasteiger partial charge in [0, 0.05) is 5.56 Å². The first kappa shape index (κ1) is 14.2. The minimum Gasteiger partial charge on any atom is -0.544 e. The molecule has 0 aliphatic carbocycles. The molecule has 1 aromatic rings. The summed E-state index contributed by atoms with van der Waals surface area (Å²) in [6.07, 6.45) is 0. The molecule has 5 nitrogen and oxygen atoms in total. The number of carbonyl (C=O) groups is 2. The van der Waals surface area contributed by atoms with Gasteiger partial charge in [0.2, 0.25) is 8.32 Å². The van der Waals surface area contributed by atoms with Crippen molar-refractivity contribution in [1.82, 2.24) is 0 Å². The van der Waals surface area contributed by atoms with E-state index < -0.39 is 26.2 Å². The summed E-state index contributed by atoms with van der Waals surface area (Å²) in [5.74, 6) is -4.05. The van der Waals surface area contributed by atoms with E-state index in [0.29, 0.717) is 5.75 Å². The number of aliphatic carboxylic acids is 2. The first-order valence-electron chi connectivity index (χ1n) is 5.46. The van der Waals surface area contributed by atoms with Crippen LogP contribution in [0.5, 0.6) is 5.75 Å². The fourth-order valence-electron chi connectivity index (χ4n) is 1.51. The SMILES string of the molecule is C[Si](C)(C)Oc1ccccc1C(C(=O)O)C(=O)O. The van der Waals surface area contributed by atoms with E-state index >= 15 is 0 Å². The van der Waals surface area contributed by atoms with Gasteiger partial charge in [0.15, 0.2) is 5.92 Å². The highest BCUT2D eigenvalue weighted by atomic mass is 28.4. The van der Waals surface area contributed by atoms with E-state index in [2.05, 4.69) is 0 Å². The molecule has 1 aromatic carbocycles. The first-order chi connectivity index (χ1) is 8.22. The summed E-state index contributed by atoms with van der Waals surface area (Å²) in [7, 11) is -1.93. The Morgan fingerprint density at radius 2 is 1.61 bits per heavy atom. The Hall–Kier alpha value is -1.82. The molecular weight excluding hydrogens is 252 g/mol. The van der Waals surface area contributed by atoms with Gasteiger partial charge in [0.25, 0.3) is 0 Å². The highest BCUT2D eigenvalue weighted by Gasteiger charge is 2.31. The molecule has 0 radical (unpaired) electrons. The summed E-state index contributed by atoms with van der Waals surface area (Å²) < 4.78 is 5.73. The summed E-state index contributed by atoms with van der Waals surface area (Å²) >= 11 is 0. The van der Waals surface area contributed by atoms with Gasteiger partial charge in [-0.1, -0.05) is 18.2 Å². The van der Waals surface area contributed by atoms with Crippen LogP contribution in [0.2, 0.25) is 19.6 Å². The average molecular weight is 268 g/mol. The highest BCUT2D eigenvalue weighted by molar-refractivity contribution is 6.70. The minimum atomic E-state index is -1.93. The van der Waals surface area contributed by atoms with E-state index in [9.17, 15) is 9.59 Å². The molecule has 2 N–H and O–H groups in total. The molecule has 0 aliphatic rings.